The third kappa shape index (κ3) is 4.19. The van der Waals surface area contributed by atoms with Crippen LogP contribution in [-0.2, 0) is 4.79 Å². The molecule has 1 saturated heterocycles. The first-order chi connectivity index (χ1) is 13.6. The maximum Gasteiger partial charge on any atom is 0.254 e. The monoisotopic (exact) mass is 405 g/mol. The molecular formula is C19H23N3O5S. The first kappa shape index (κ1) is 19.9. The number of anilines is 1. The fourth-order valence-corrected chi connectivity index (χ4v) is 3.76. The van der Waals surface area contributed by atoms with Gasteiger partial charge in [-0.2, -0.15) is 0 Å². The zero-order chi connectivity index (χ0) is 20.1. The molecule has 1 aliphatic heterocycles. The Morgan fingerprint density at radius 1 is 1.11 bits per heavy atom. The highest BCUT2D eigenvalue weighted by Gasteiger charge is 2.29. The van der Waals surface area contributed by atoms with Crippen LogP contribution in [0.25, 0.3) is 0 Å². The summed E-state index contributed by atoms with van der Waals surface area (Å²) >= 11 is 1.39. The number of hydrogen-bond donors (Lipinski definition) is 1. The minimum atomic E-state index is -0.132. The number of rotatable bonds is 6. The molecule has 1 aromatic carbocycles. The van der Waals surface area contributed by atoms with Gasteiger partial charge in [0.05, 0.1) is 21.3 Å². The van der Waals surface area contributed by atoms with Crippen LogP contribution in [0.1, 0.15) is 23.2 Å². The lowest BCUT2D eigenvalue weighted by Crippen LogP contribution is -2.41. The quantitative estimate of drug-likeness (QED) is 0.795. The second-order valence-electron chi connectivity index (χ2n) is 6.31. The van der Waals surface area contributed by atoms with Crippen molar-refractivity contribution in [3.63, 3.8) is 0 Å². The summed E-state index contributed by atoms with van der Waals surface area (Å²) in [6.07, 6.45) is 2.86. The molecule has 1 N–H and O–H groups in total. The average molecular weight is 405 g/mol. The van der Waals surface area contributed by atoms with Crippen LogP contribution in [0.2, 0.25) is 0 Å². The van der Waals surface area contributed by atoms with Crippen LogP contribution in [0.15, 0.2) is 23.7 Å². The van der Waals surface area contributed by atoms with Gasteiger partial charge in [-0.15, -0.1) is 11.3 Å². The van der Waals surface area contributed by atoms with Crippen molar-refractivity contribution >= 4 is 28.3 Å². The van der Waals surface area contributed by atoms with Gasteiger partial charge >= 0.3 is 0 Å². The molecule has 9 heteroatoms. The van der Waals surface area contributed by atoms with E-state index < -0.39 is 0 Å². The van der Waals surface area contributed by atoms with E-state index in [4.69, 9.17) is 14.2 Å². The van der Waals surface area contributed by atoms with E-state index in [1.165, 1.54) is 32.7 Å². The van der Waals surface area contributed by atoms with Crippen LogP contribution in [0, 0.1) is 5.92 Å². The van der Waals surface area contributed by atoms with Crippen LogP contribution in [0.5, 0.6) is 17.2 Å². The van der Waals surface area contributed by atoms with E-state index in [1.54, 1.807) is 23.2 Å². The zero-order valence-electron chi connectivity index (χ0n) is 16.1. The van der Waals surface area contributed by atoms with E-state index in [1.807, 2.05) is 5.38 Å². The Balaban J connectivity index is 1.66. The molecule has 3 rings (SSSR count). The van der Waals surface area contributed by atoms with Gasteiger partial charge in [0.2, 0.25) is 11.7 Å². The van der Waals surface area contributed by atoms with Crippen molar-refractivity contribution in [2.45, 2.75) is 12.8 Å². The summed E-state index contributed by atoms with van der Waals surface area (Å²) in [5, 5.41) is 5.24. The summed E-state index contributed by atoms with van der Waals surface area (Å²) in [7, 11) is 4.54. The van der Waals surface area contributed by atoms with Crippen molar-refractivity contribution in [3.05, 3.63) is 29.3 Å². The van der Waals surface area contributed by atoms with Gasteiger partial charge in [0.1, 0.15) is 0 Å². The second-order valence-corrected chi connectivity index (χ2v) is 7.20. The number of methoxy groups -OCH3 is 3. The predicted molar refractivity (Wildman–Crippen MR) is 105 cm³/mol. The average Bonchev–Trinajstić information content (AvgIpc) is 3.25. The Morgan fingerprint density at radius 3 is 2.25 bits per heavy atom. The van der Waals surface area contributed by atoms with Gasteiger partial charge in [-0.25, -0.2) is 4.98 Å². The van der Waals surface area contributed by atoms with Crippen molar-refractivity contribution in [2.24, 2.45) is 5.92 Å². The van der Waals surface area contributed by atoms with Gasteiger partial charge < -0.3 is 24.4 Å². The number of carbonyl (C=O) groups is 2. The van der Waals surface area contributed by atoms with Gasteiger partial charge in [0.15, 0.2) is 16.6 Å². The minimum absolute atomic E-state index is 0.0464. The van der Waals surface area contributed by atoms with Gasteiger partial charge in [-0.05, 0) is 25.0 Å². The summed E-state index contributed by atoms with van der Waals surface area (Å²) in [4.78, 5) is 31.1. The van der Waals surface area contributed by atoms with Gasteiger partial charge in [0.25, 0.3) is 5.91 Å². The Bertz CT molecular complexity index is 807. The lowest BCUT2D eigenvalue weighted by molar-refractivity contribution is -0.121. The Kier molecular flexibility index (Phi) is 6.35. The molecule has 1 aromatic heterocycles. The summed E-state index contributed by atoms with van der Waals surface area (Å²) in [5.74, 6) is 1.01. The molecular weight excluding hydrogens is 382 g/mol. The first-order valence-electron chi connectivity index (χ1n) is 8.87. The van der Waals surface area contributed by atoms with Crippen molar-refractivity contribution in [1.82, 2.24) is 9.88 Å². The van der Waals surface area contributed by atoms with Crippen molar-refractivity contribution < 1.29 is 23.8 Å². The maximum atomic E-state index is 12.9. The number of nitrogens with one attached hydrogen (secondary N) is 1. The van der Waals surface area contributed by atoms with Crippen molar-refractivity contribution in [1.29, 1.82) is 0 Å². The Hall–Kier alpha value is -2.81. The number of piperidine rings is 1. The van der Waals surface area contributed by atoms with Gasteiger partial charge in [-0.1, -0.05) is 0 Å². The molecule has 0 aliphatic carbocycles. The van der Waals surface area contributed by atoms with Gasteiger partial charge in [-0.3, -0.25) is 9.59 Å². The standard InChI is InChI=1S/C19H23N3O5S/c1-25-14-10-13(11-15(26-2)16(14)27-3)18(24)22-7-4-12(5-8-22)17(23)21-19-20-6-9-28-19/h6,9-12H,4-5,7-8H2,1-3H3,(H,20,21,23). The molecule has 1 fully saturated rings. The summed E-state index contributed by atoms with van der Waals surface area (Å²) in [5.41, 5.74) is 0.459. The lowest BCUT2D eigenvalue weighted by Gasteiger charge is -2.31. The summed E-state index contributed by atoms with van der Waals surface area (Å²) in [6.45, 7) is 1.01. The number of hydrogen-bond acceptors (Lipinski definition) is 7. The molecule has 0 atom stereocenters. The Morgan fingerprint density at radius 2 is 1.75 bits per heavy atom. The predicted octanol–water partition coefficient (Wildman–Crippen LogP) is 2.66. The molecule has 0 saturated carbocycles. The molecule has 2 heterocycles. The highest BCUT2D eigenvalue weighted by molar-refractivity contribution is 7.13. The molecule has 2 amide bonds. The third-order valence-electron chi connectivity index (χ3n) is 4.73. The van der Waals surface area contributed by atoms with E-state index >= 15 is 0 Å². The van der Waals surface area contributed by atoms with Crippen molar-refractivity contribution in [3.8, 4) is 17.2 Å². The molecule has 8 nitrogen and oxygen atoms in total. The number of thiazole rings is 1. The molecule has 0 radical (unpaired) electrons. The third-order valence-corrected chi connectivity index (χ3v) is 5.42. The summed E-state index contributed by atoms with van der Waals surface area (Å²) in [6, 6.07) is 3.29. The number of nitrogens with zero attached hydrogens (tertiary/aromatic N) is 2. The molecule has 150 valence electrons. The smallest absolute Gasteiger partial charge is 0.254 e. The largest absolute Gasteiger partial charge is 0.493 e. The van der Waals surface area contributed by atoms with Crippen LogP contribution >= 0.6 is 11.3 Å². The molecule has 0 spiro atoms. The van der Waals surface area contributed by atoms with Gasteiger partial charge in [0, 0.05) is 36.1 Å². The number of ether oxygens (including phenoxy) is 3. The SMILES string of the molecule is COc1cc(C(=O)N2CCC(C(=O)Nc3nccs3)CC2)cc(OC)c1OC. The van der Waals surface area contributed by atoms with E-state index in [9.17, 15) is 9.59 Å². The number of carbonyl (C=O) groups excluding carboxylic acids is 2. The maximum absolute atomic E-state index is 12.9. The van der Waals surface area contributed by atoms with E-state index in [0.717, 1.165) is 0 Å². The van der Waals surface area contributed by atoms with Crippen LogP contribution in [0.4, 0.5) is 5.13 Å². The molecule has 0 unspecified atom stereocenters. The molecule has 28 heavy (non-hydrogen) atoms. The lowest BCUT2D eigenvalue weighted by atomic mass is 9.95. The fourth-order valence-electron chi connectivity index (χ4n) is 3.22. The molecule has 2 aromatic rings. The zero-order valence-corrected chi connectivity index (χ0v) is 16.9. The van der Waals surface area contributed by atoms with Crippen LogP contribution < -0.4 is 19.5 Å². The first-order valence-corrected chi connectivity index (χ1v) is 9.75. The van der Waals surface area contributed by atoms with E-state index in [2.05, 4.69) is 10.3 Å². The number of benzene rings is 1. The Labute approximate surface area is 167 Å². The second kappa shape index (κ2) is 8.92. The van der Waals surface area contributed by atoms with Crippen LogP contribution in [0.3, 0.4) is 0 Å². The molecule has 0 bridgehead atoms. The topological polar surface area (TPSA) is 90.0 Å². The van der Waals surface area contributed by atoms with E-state index in [0.29, 0.717) is 53.9 Å². The number of amides is 2. The highest BCUT2D eigenvalue weighted by atomic mass is 32.1. The summed E-state index contributed by atoms with van der Waals surface area (Å²) < 4.78 is 15.9. The number of aromatic nitrogens is 1. The molecule has 1 aliphatic rings. The van der Waals surface area contributed by atoms with Crippen LogP contribution in [-0.4, -0.2) is 56.1 Å². The van der Waals surface area contributed by atoms with E-state index in [-0.39, 0.29) is 17.7 Å². The minimum Gasteiger partial charge on any atom is -0.493 e. The fraction of sp³-hybridized carbons (Fsp3) is 0.421. The normalized spacial score (nSPS) is 14.5. The highest BCUT2D eigenvalue weighted by Crippen LogP contribution is 2.38. The number of likely N-dealkylation sites (tertiary alicyclic amines) is 1. The van der Waals surface area contributed by atoms with Crippen molar-refractivity contribution in [2.75, 3.05) is 39.7 Å².